The van der Waals surface area contributed by atoms with Crippen LogP contribution in [-0.4, -0.2) is 94.4 Å². The summed E-state index contributed by atoms with van der Waals surface area (Å²) in [4.78, 5) is 43.2. The topological polar surface area (TPSA) is 216 Å². The fraction of sp³-hybridized carbons (Fsp3) is 0.381. The molecule has 0 radical (unpaired) electrons. The van der Waals surface area contributed by atoms with Crippen LogP contribution in [0.25, 0.3) is 22.0 Å². The highest BCUT2D eigenvalue weighted by atomic mass is 35.5. The molecule has 380 valence electrons. The third-order valence-corrected chi connectivity index (χ3v) is 14.7. The van der Waals surface area contributed by atoms with Crippen LogP contribution in [0.3, 0.4) is 0 Å². The number of carboxylic acids is 1. The van der Waals surface area contributed by atoms with Crippen LogP contribution in [0, 0.1) is 29.4 Å². The fourth-order valence-electron chi connectivity index (χ4n) is 8.03. The van der Waals surface area contributed by atoms with E-state index in [0.717, 1.165) is 42.7 Å². The maximum Gasteiger partial charge on any atom is 0.435 e. The highest BCUT2D eigenvalue weighted by molar-refractivity contribution is 7.93. The standard InChI is InChI=1S/C42H35ClF10N8O8S2/c1-39(2,70(3,66)67)10-9-22-5-6-23(24-7-8-27(43)32-34(24)60(18-40(46,47)48)58-37(32)61(71(4,68)69)38(65)54-16-30(63)64)33(55-22)28(13-19-11-20(44)14-21(45)12-19)56-29(62)17-59-36-31(35(57-59)42(51,52)53)25-15-26(25)41(36,49)50/h5-8,11-12,14,25-26,28H,13,15-18H2,1-4H3,(H,54,65)(H,56,62)(H,63,64)/t25-,26+,28?/m0/s1. The number of alkyl halides is 8. The Morgan fingerprint density at radius 2 is 1.59 bits per heavy atom. The van der Waals surface area contributed by atoms with Gasteiger partial charge >= 0.3 is 24.4 Å². The summed E-state index contributed by atoms with van der Waals surface area (Å²) in [6, 6.07) is 2.76. The predicted molar refractivity (Wildman–Crippen MR) is 231 cm³/mol. The van der Waals surface area contributed by atoms with Gasteiger partial charge in [-0.15, -0.1) is 0 Å². The highest BCUT2D eigenvalue weighted by Crippen LogP contribution is 2.68. The Labute approximate surface area is 400 Å². The van der Waals surface area contributed by atoms with Gasteiger partial charge in [0.1, 0.15) is 47.4 Å². The number of sulfonamides is 1. The largest absolute Gasteiger partial charge is 0.480 e. The third-order valence-electron chi connectivity index (χ3n) is 11.4. The first-order chi connectivity index (χ1) is 32.6. The molecule has 71 heavy (non-hydrogen) atoms. The number of aliphatic carboxylic acids is 1. The van der Waals surface area contributed by atoms with E-state index in [1.54, 1.807) is 5.32 Å². The first kappa shape index (κ1) is 52.4. The van der Waals surface area contributed by atoms with E-state index in [1.165, 1.54) is 13.8 Å². The molecule has 29 heteroatoms. The molecular weight excluding hydrogens is 1030 g/mol. The maximum absolute atomic E-state index is 15.6. The number of amides is 3. The summed E-state index contributed by atoms with van der Waals surface area (Å²) in [5.74, 6) is -7.98. The van der Waals surface area contributed by atoms with E-state index in [0.29, 0.717) is 12.3 Å². The molecule has 2 aliphatic carbocycles. The van der Waals surface area contributed by atoms with Crippen molar-refractivity contribution in [3.8, 4) is 23.0 Å². The Hall–Kier alpha value is -6.47. The Kier molecular flexibility index (Phi) is 13.3. The molecule has 3 heterocycles. The quantitative estimate of drug-likeness (QED) is 0.0819. The lowest BCUT2D eigenvalue weighted by Gasteiger charge is -2.23. The fourth-order valence-corrected chi connectivity index (χ4v) is 9.31. The second-order valence-corrected chi connectivity index (χ2v) is 21.9. The SMILES string of the molecule is CC(C)(C#Cc1ccc(-c2ccc(Cl)c3c(N(C(=O)NCC(=O)O)S(C)(=O)=O)nn(CC(F)(F)F)c23)c(C(Cc2cc(F)cc(F)c2)NC(=O)Cn2nc(C(F)(F)F)c3c2C(F)(F)[C@@H]2C[C@H]32)n1)S(C)(=O)=O. The van der Waals surface area contributed by atoms with E-state index in [4.69, 9.17) is 16.7 Å². The molecule has 2 aromatic carbocycles. The highest BCUT2D eigenvalue weighted by Gasteiger charge is 2.68. The van der Waals surface area contributed by atoms with Gasteiger partial charge in [0, 0.05) is 34.9 Å². The number of halogens is 11. The van der Waals surface area contributed by atoms with Crippen molar-refractivity contribution in [1.29, 1.82) is 0 Å². The minimum absolute atomic E-state index is 0.160. The zero-order valence-corrected chi connectivity index (χ0v) is 39.2. The van der Waals surface area contributed by atoms with Crippen molar-refractivity contribution in [2.24, 2.45) is 5.92 Å². The Morgan fingerprint density at radius 3 is 2.17 bits per heavy atom. The van der Waals surface area contributed by atoms with Gasteiger partial charge in [0.2, 0.25) is 15.9 Å². The first-order valence-corrected chi connectivity index (χ1v) is 24.5. The molecule has 3 N–H and O–H groups in total. The number of sulfone groups is 1. The lowest BCUT2D eigenvalue weighted by molar-refractivity contribution is -0.143. The van der Waals surface area contributed by atoms with Crippen molar-refractivity contribution in [1.82, 2.24) is 35.2 Å². The summed E-state index contributed by atoms with van der Waals surface area (Å²) < 4.78 is 196. The number of carboxylic acid groups (broad SMARTS) is 1. The number of anilines is 1. The molecule has 1 unspecified atom stereocenters. The number of fused-ring (bicyclic) bond motifs is 4. The van der Waals surface area contributed by atoms with Crippen LogP contribution < -0.4 is 14.9 Å². The van der Waals surface area contributed by atoms with Gasteiger partial charge in [-0.05, 0) is 74.4 Å². The zero-order chi connectivity index (χ0) is 52.7. The number of carbonyl (C=O) groups excluding carboxylic acids is 2. The molecule has 3 atom stereocenters. The number of nitrogens with one attached hydrogen (secondary N) is 2. The monoisotopic (exact) mass is 1070 g/mol. The van der Waals surface area contributed by atoms with Gasteiger partial charge in [-0.2, -0.15) is 49.6 Å². The van der Waals surface area contributed by atoms with Crippen LogP contribution in [0.1, 0.15) is 66.1 Å². The van der Waals surface area contributed by atoms with Gasteiger partial charge in [0.25, 0.3) is 5.92 Å². The van der Waals surface area contributed by atoms with Gasteiger partial charge in [-0.3, -0.25) is 19.0 Å². The summed E-state index contributed by atoms with van der Waals surface area (Å²) in [7, 11) is -8.84. The van der Waals surface area contributed by atoms with E-state index in [2.05, 4.69) is 32.3 Å². The number of urea groups is 1. The molecular formula is C42H35ClF10N8O8S2. The number of aromatic nitrogens is 5. The normalized spacial score (nSPS) is 16.9. The smallest absolute Gasteiger partial charge is 0.435 e. The van der Waals surface area contributed by atoms with E-state index < -0.39 is 166 Å². The summed E-state index contributed by atoms with van der Waals surface area (Å²) in [6.45, 7) is -2.12. The van der Waals surface area contributed by atoms with E-state index in [1.807, 2.05) is 0 Å². The van der Waals surface area contributed by atoms with Crippen molar-refractivity contribution < 1.29 is 80.2 Å². The van der Waals surface area contributed by atoms with Gasteiger partial charge in [0.05, 0.1) is 33.9 Å². The summed E-state index contributed by atoms with van der Waals surface area (Å²) >= 11 is 6.54. The Bertz CT molecular complexity index is 3330. The van der Waals surface area contributed by atoms with Gasteiger partial charge in [-0.1, -0.05) is 23.6 Å². The molecule has 2 aliphatic rings. The lowest BCUT2D eigenvalue weighted by atomic mass is 9.93. The van der Waals surface area contributed by atoms with E-state index in [-0.39, 0.29) is 36.9 Å². The average Bonchev–Trinajstić information content (AvgIpc) is 3.73. The third kappa shape index (κ3) is 10.6. The minimum Gasteiger partial charge on any atom is -0.480 e. The van der Waals surface area contributed by atoms with E-state index in [9.17, 15) is 66.3 Å². The molecule has 3 aromatic heterocycles. The van der Waals surface area contributed by atoms with Crippen LogP contribution in [0.2, 0.25) is 5.02 Å². The number of carbonyl (C=O) groups is 3. The van der Waals surface area contributed by atoms with Crippen molar-refractivity contribution in [3.63, 3.8) is 0 Å². The van der Waals surface area contributed by atoms with Crippen molar-refractivity contribution >= 4 is 66.1 Å². The Morgan fingerprint density at radius 1 is 0.958 bits per heavy atom. The number of nitrogens with zero attached hydrogens (tertiary/aromatic N) is 6. The molecule has 1 fully saturated rings. The van der Waals surface area contributed by atoms with Crippen LogP contribution in [0.5, 0.6) is 0 Å². The second kappa shape index (κ2) is 18.0. The molecule has 0 aliphatic heterocycles. The molecule has 7 rings (SSSR count). The van der Waals surface area contributed by atoms with Crippen LogP contribution >= 0.6 is 11.6 Å². The van der Waals surface area contributed by atoms with Gasteiger partial charge < -0.3 is 15.7 Å². The average molecular weight is 1070 g/mol. The maximum atomic E-state index is 15.6. The minimum atomic E-state index is -5.24. The number of hydrogen-bond acceptors (Lipinski definition) is 10. The Balaban J connectivity index is 1.49. The van der Waals surface area contributed by atoms with Crippen LogP contribution in [0.4, 0.5) is 54.5 Å². The van der Waals surface area contributed by atoms with E-state index >= 15 is 8.78 Å². The summed E-state index contributed by atoms with van der Waals surface area (Å²) in [5, 5.41) is 19.2. The molecule has 16 nitrogen and oxygen atoms in total. The number of benzene rings is 2. The van der Waals surface area contributed by atoms with Crippen molar-refractivity contribution in [2.45, 2.75) is 74.8 Å². The van der Waals surface area contributed by atoms with Gasteiger partial charge in [-0.25, -0.2) is 35.4 Å². The van der Waals surface area contributed by atoms with Gasteiger partial charge in [0.15, 0.2) is 21.3 Å². The van der Waals surface area contributed by atoms with Crippen LogP contribution in [0.15, 0.2) is 42.5 Å². The molecule has 1 saturated carbocycles. The number of rotatable bonds is 13. The first-order valence-electron chi connectivity index (χ1n) is 20.4. The number of pyridine rings is 1. The van der Waals surface area contributed by atoms with Crippen molar-refractivity contribution in [2.75, 3.05) is 23.4 Å². The predicted octanol–water partition coefficient (Wildman–Crippen LogP) is 6.85. The van der Waals surface area contributed by atoms with Crippen molar-refractivity contribution in [3.05, 3.63) is 93.0 Å². The van der Waals surface area contributed by atoms with Crippen LogP contribution in [-0.2, 0) is 61.1 Å². The molecule has 0 spiro atoms. The molecule has 3 amide bonds. The summed E-state index contributed by atoms with van der Waals surface area (Å²) in [5.41, 5.74) is -6.23. The number of hydrogen-bond donors (Lipinski definition) is 3. The molecule has 5 aromatic rings. The second-order valence-electron chi connectivity index (χ2n) is 17.1. The lowest BCUT2D eigenvalue weighted by Crippen LogP contribution is -2.45. The summed E-state index contributed by atoms with van der Waals surface area (Å²) in [6.07, 6.45) is -10.2. The molecule has 0 bridgehead atoms. The molecule has 0 saturated heterocycles. The zero-order valence-electron chi connectivity index (χ0n) is 36.8.